The van der Waals surface area contributed by atoms with Crippen LogP contribution in [0.1, 0.15) is 21.5 Å². The van der Waals surface area contributed by atoms with Gasteiger partial charge in [0.05, 0.1) is 24.3 Å². The molecule has 28 heavy (non-hydrogen) atoms. The van der Waals surface area contributed by atoms with Gasteiger partial charge in [-0.05, 0) is 71.8 Å². The Morgan fingerprint density at radius 2 is 1.71 bits per heavy atom. The number of hydrogen-bond donors (Lipinski definition) is 0. The Morgan fingerprint density at radius 1 is 0.964 bits per heavy atom. The highest BCUT2D eigenvalue weighted by Gasteiger charge is 2.09. The first kappa shape index (κ1) is 19.2. The highest BCUT2D eigenvalue weighted by molar-refractivity contribution is 6.30. The number of halogens is 1. The van der Waals surface area contributed by atoms with Crippen molar-refractivity contribution in [3.8, 4) is 17.6 Å². The van der Waals surface area contributed by atoms with Gasteiger partial charge in [0.25, 0.3) is 0 Å². The molecule has 0 aliphatic rings. The van der Waals surface area contributed by atoms with Crippen LogP contribution in [0, 0.1) is 11.3 Å². The fourth-order valence-corrected chi connectivity index (χ4v) is 2.76. The number of carbonyl (C=O) groups excluding carboxylic acids is 1. The van der Waals surface area contributed by atoms with Gasteiger partial charge >= 0.3 is 5.97 Å². The van der Waals surface area contributed by atoms with E-state index in [1.165, 1.54) is 0 Å². The van der Waals surface area contributed by atoms with Crippen molar-refractivity contribution in [1.82, 2.24) is 0 Å². The smallest absolute Gasteiger partial charge is 0.343 e. The van der Waals surface area contributed by atoms with E-state index in [9.17, 15) is 10.1 Å². The van der Waals surface area contributed by atoms with E-state index in [1.807, 2.05) is 18.2 Å². The normalized spacial score (nSPS) is 10.8. The Labute approximate surface area is 168 Å². The van der Waals surface area contributed by atoms with Crippen molar-refractivity contribution >= 4 is 29.2 Å². The Hall–Kier alpha value is -3.55. The summed E-state index contributed by atoms with van der Waals surface area (Å²) in [5, 5.41) is 9.97. The molecule has 4 nitrogen and oxygen atoms in total. The van der Waals surface area contributed by atoms with Crippen molar-refractivity contribution in [1.29, 1.82) is 5.26 Å². The van der Waals surface area contributed by atoms with E-state index >= 15 is 0 Å². The number of allylic oxidation sites excluding steroid dienone is 1. The monoisotopic (exact) mass is 389 g/mol. The zero-order chi connectivity index (χ0) is 19.9. The van der Waals surface area contributed by atoms with Gasteiger partial charge < -0.3 is 9.47 Å². The fraction of sp³-hybridized carbons (Fsp3) is 0.0435. The SMILES string of the molecule is COc1ccc(/C(C#N)=C\c2cccc(OC(=O)c3cccc(Cl)c3)c2)cc1. The zero-order valence-electron chi connectivity index (χ0n) is 15.1. The molecular formula is C23H16ClNO3. The first-order valence-corrected chi connectivity index (χ1v) is 8.81. The van der Waals surface area contributed by atoms with E-state index in [-0.39, 0.29) is 0 Å². The van der Waals surface area contributed by atoms with Crippen molar-refractivity contribution in [3.63, 3.8) is 0 Å². The van der Waals surface area contributed by atoms with Crippen LogP contribution in [0.3, 0.4) is 0 Å². The Balaban J connectivity index is 1.82. The summed E-state index contributed by atoms with van der Waals surface area (Å²) in [7, 11) is 1.59. The number of hydrogen-bond acceptors (Lipinski definition) is 4. The lowest BCUT2D eigenvalue weighted by atomic mass is 10.0. The van der Waals surface area contributed by atoms with Crippen LogP contribution in [-0.4, -0.2) is 13.1 Å². The van der Waals surface area contributed by atoms with E-state index in [4.69, 9.17) is 21.1 Å². The molecule has 138 valence electrons. The minimum atomic E-state index is -0.501. The number of ether oxygens (including phenoxy) is 2. The minimum Gasteiger partial charge on any atom is -0.497 e. The summed E-state index contributed by atoms with van der Waals surface area (Å²) < 4.78 is 10.6. The highest BCUT2D eigenvalue weighted by atomic mass is 35.5. The van der Waals surface area contributed by atoms with Crippen molar-refractivity contribution in [2.24, 2.45) is 0 Å². The summed E-state index contributed by atoms with van der Waals surface area (Å²) in [5.41, 5.74) is 2.36. The first-order valence-electron chi connectivity index (χ1n) is 8.43. The van der Waals surface area contributed by atoms with Crippen LogP contribution in [-0.2, 0) is 0 Å². The average Bonchev–Trinajstić information content (AvgIpc) is 2.72. The molecule has 0 aromatic heterocycles. The summed E-state index contributed by atoms with van der Waals surface area (Å²) >= 11 is 5.91. The van der Waals surface area contributed by atoms with Crippen LogP contribution in [0.4, 0.5) is 0 Å². The molecule has 0 amide bonds. The number of carbonyl (C=O) groups is 1. The van der Waals surface area contributed by atoms with Gasteiger partial charge in [0.2, 0.25) is 0 Å². The number of benzene rings is 3. The van der Waals surface area contributed by atoms with E-state index in [0.29, 0.717) is 21.9 Å². The van der Waals surface area contributed by atoms with Gasteiger partial charge in [-0.2, -0.15) is 5.26 Å². The molecule has 5 heteroatoms. The highest BCUT2D eigenvalue weighted by Crippen LogP contribution is 2.23. The number of nitriles is 1. The van der Waals surface area contributed by atoms with Gasteiger partial charge in [0.1, 0.15) is 11.5 Å². The molecule has 3 aromatic rings. The quantitative estimate of drug-likeness (QED) is 0.245. The van der Waals surface area contributed by atoms with E-state index < -0.39 is 5.97 Å². The maximum Gasteiger partial charge on any atom is 0.343 e. The molecule has 0 saturated carbocycles. The number of esters is 1. The van der Waals surface area contributed by atoms with Crippen LogP contribution in [0.25, 0.3) is 11.6 Å². The fourth-order valence-electron chi connectivity index (χ4n) is 2.57. The molecule has 0 unspecified atom stereocenters. The van der Waals surface area contributed by atoms with Crippen LogP contribution in [0.5, 0.6) is 11.5 Å². The third kappa shape index (κ3) is 4.79. The van der Waals surface area contributed by atoms with Crippen LogP contribution >= 0.6 is 11.6 Å². The summed E-state index contributed by atoms with van der Waals surface area (Å²) in [6.07, 6.45) is 1.73. The van der Waals surface area contributed by atoms with E-state index in [0.717, 1.165) is 16.9 Å². The Bertz CT molecular complexity index is 1070. The van der Waals surface area contributed by atoms with Gasteiger partial charge in [-0.25, -0.2) is 4.79 Å². The predicted octanol–water partition coefficient (Wildman–Crippen LogP) is 5.63. The molecule has 0 bridgehead atoms. The zero-order valence-corrected chi connectivity index (χ0v) is 15.8. The van der Waals surface area contributed by atoms with Crippen molar-refractivity contribution in [3.05, 3.63) is 94.5 Å². The largest absolute Gasteiger partial charge is 0.497 e. The summed E-state index contributed by atoms with van der Waals surface area (Å²) in [5.74, 6) is 0.598. The molecular weight excluding hydrogens is 374 g/mol. The molecule has 3 rings (SSSR count). The van der Waals surface area contributed by atoms with Gasteiger partial charge in [0.15, 0.2) is 0 Å². The number of methoxy groups -OCH3 is 1. The lowest BCUT2D eigenvalue weighted by Crippen LogP contribution is -2.08. The van der Waals surface area contributed by atoms with E-state index in [2.05, 4.69) is 6.07 Å². The van der Waals surface area contributed by atoms with Gasteiger partial charge in [-0.15, -0.1) is 0 Å². The maximum atomic E-state index is 12.3. The second-order valence-corrected chi connectivity index (χ2v) is 6.31. The standard InChI is InChI=1S/C23H16ClNO3/c1-27-21-10-8-17(9-11-21)19(15-25)12-16-4-2-7-22(13-16)28-23(26)18-5-3-6-20(24)14-18/h2-14H,1H3/b19-12-. The molecule has 0 N–H and O–H groups in total. The van der Waals surface area contributed by atoms with Gasteiger partial charge in [-0.3, -0.25) is 0 Å². The molecule has 0 aliphatic heterocycles. The molecule has 0 saturated heterocycles. The third-order valence-electron chi connectivity index (χ3n) is 3.96. The third-order valence-corrected chi connectivity index (χ3v) is 4.20. The topological polar surface area (TPSA) is 59.3 Å². The second-order valence-electron chi connectivity index (χ2n) is 5.87. The molecule has 0 spiro atoms. The van der Waals surface area contributed by atoms with Crippen LogP contribution in [0.15, 0.2) is 72.8 Å². The summed E-state index contributed by atoms with van der Waals surface area (Å²) in [6, 6.07) is 22.9. The second kappa shape index (κ2) is 8.90. The first-order chi connectivity index (χ1) is 13.6. The van der Waals surface area contributed by atoms with Crippen molar-refractivity contribution < 1.29 is 14.3 Å². The molecule has 0 fully saturated rings. The predicted molar refractivity (Wildman–Crippen MR) is 109 cm³/mol. The maximum absolute atomic E-state index is 12.3. The van der Waals surface area contributed by atoms with Gasteiger partial charge in [-0.1, -0.05) is 29.8 Å². The van der Waals surface area contributed by atoms with Gasteiger partial charge in [0, 0.05) is 5.02 Å². The van der Waals surface area contributed by atoms with E-state index in [1.54, 1.807) is 67.8 Å². The van der Waals surface area contributed by atoms with Crippen LogP contribution < -0.4 is 9.47 Å². The summed E-state index contributed by atoms with van der Waals surface area (Å²) in [6.45, 7) is 0. The Morgan fingerprint density at radius 3 is 2.39 bits per heavy atom. The lowest BCUT2D eigenvalue weighted by Gasteiger charge is -2.06. The number of nitrogens with zero attached hydrogens (tertiary/aromatic N) is 1. The Kier molecular flexibility index (Phi) is 6.11. The molecule has 0 heterocycles. The molecule has 0 atom stereocenters. The van der Waals surface area contributed by atoms with Crippen LogP contribution in [0.2, 0.25) is 5.02 Å². The number of rotatable bonds is 5. The van der Waals surface area contributed by atoms with Crippen molar-refractivity contribution in [2.75, 3.05) is 7.11 Å². The summed E-state index contributed by atoms with van der Waals surface area (Å²) in [4.78, 5) is 12.3. The minimum absolute atomic E-state index is 0.365. The lowest BCUT2D eigenvalue weighted by molar-refractivity contribution is 0.0735. The molecule has 0 radical (unpaired) electrons. The molecule has 3 aromatic carbocycles. The molecule has 0 aliphatic carbocycles. The van der Waals surface area contributed by atoms with Crippen molar-refractivity contribution in [2.45, 2.75) is 0 Å². The average molecular weight is 390 g/mol.